The number of ether oxygens (including phenoxy) is 1. The molecule has 0 aliphatic heterocycles. The number of carbonyl (C=O) groups is 1. The number of rotatable bonds is 7. The second-order valence-corrected chi connectivity index (χ2v) is 3.82. The second-order valence-electron chi connectivity index (χ2n) is 3.82. The fourth-order valence-electron chi connectivity index (χ4n) is 1.33. The number of hydrogen-bond donors (Lipinski definition) is 1. The molecule has 0 aromatic heterocycles. The van der Waals surface area contributed by atoms with Gasteiger partial charge in [0.05, 0.1) is 6.61 Å². The normalized spacial score (nSPS) is 10.9. The van der Waals surface area contributed by atoms with E-state index in [0.29, 0.717) is 6.61 Å². The van der Waals surface area contributed by atoms with E-state index in [2.05, 4.69) is 6.92 Å². The summed E-state index contributed by atoms with van der Waals surface area (Å²) in [5.41, 5.74) is 1.98. The zero-order valence-corrected chi connectivity index (χ0v) is 10.1. The van der Waals surface area contributed by atoms with Gasteiger partial charge in [-0.05, 0) is 23.6 Å². The fourth-order valence-corrected chi connectivity index (χ4v) is 1.33. The standard InChI is InChI=1S/C14H18O3/c1-2-3-10-17-11-13-6-4-12(5-7-13)8-9-14(15)16/h4-9H,2-3,10-11H2,1H3,(H,15,16). The van der Waals surface area contributed by atoms with Crippen molar-refractivity contribution in [2.75, 3.05) is 6.61 Å². The quantitative estimate of drug-likeness (QED) is 0.582. The Balaban J connectivity index is 2.42. The Kier molecular flexibility index (Phi) is 6.04. The van der Waals surface area contributed by atoms with Gasteiger partial charge in [-0.3, -0.25) is 0 Å². The molecule has 0 amide bonds. The molecule has 92 valence electrons. The Morgan fingerprint density at radius 3 is 2.65 bits per heavy atom. The van der Waals surface area contributed by atoms with Crippen LogP contribution in [0.4, 0.5) is 0 Å². The van der Waals surface area contributed by atoms with Gasteiger partial charge in [0.15, 0.2) is 0 Å². The summed E-state index contributed by atoms with van der Waals surface area (Å²) < 4.78 is 5.49. The monoisotopic (exact) mass is 234 g/mol. The first-order chi connectivity index (χ1) is 8.22. The maximum atomic E-state index is 10.3. The van der Waals surface area contributed by atoms with Crippen molar-refractivity contribution in [3.63, 3.8) is 0 Å². The number of aliphatic carboxylic acids is 1. The molecule has 3 nitrogen and oxygen atoms in total. The zero-order chi connectivity index (χ0) is 12.5. The lowest BCUT2D eigenvalue weighted by atomic mass is 10.1. The van der Waals surface area contributed by atoms with Gasteiger partial charge in [-0.1, -0.05) is 37.6 Å². The third-order valence-corrected chi connectivity index (χ3v) is 2.31. The molecule has 0 heterocycles. The third-order valence-electron chi connectivity index (χ3n) is 2.31. The van der Waals surface area contributed by atoms with Crippen molar-refractivity contribution in [3.8, 4) is 0 Å². The van der Waals surface area contributed by atoms with Crippen LogP contribution in [0.1, 0.15) is 30.9 Å². The van der Waals surface area contributed by atoms with Crippen LogP contribution in [0, 0.1) is 0 Å². The smallest absolute Gasteiger partial charge is 0.328 e. The summed E-state index contributed by atoms with van der Waals surface area (Å²) in [6.07, 6.45) is 4.93. The van der Waals surface area contributed by atoms with Gasteiger partial charge in [-0.25, -0.2) is 4.79 Å². The van der Waals surface area contributed by atoms with E-state index in [0.717, 1.165) is 36.7 Å². The summed E-state index contributed by atoms with van der Waals surface area (Å²) in [6, 6.07) is 7.68. The molecule has 3 heteroatoms. The summed E-state index contributed by atoms with van der Waals surface area (Å²) in [4.78, 5) is 10.3. The minimum Gasteiger partial charge on any atom is -0.478 e. The van der Waals surface area contributed by atoms with Crippen LogP contribution in [0.2, 0.25) is 0 Å². The van der Waals surface area contributed by atoms with E-state index in [4.69, 9.17) is 9.84 Å². The minimum atomic E-state index is -0.933. The predicted octanol–water partition coefficient (Wildman–Crippen LogP) is 3.10. The van der Waals surface area contributed by atoms with Crippen molar-refractivity contribution in [1.82, 2.24) is 0 Å². The molecule has 1 rings (SSSR count). The Labute approximate surface area is 102 Å². The maximum Gasteiger partial charge on any atom is 0.328 e. The summed E-state index contributed by atoms with van der Waals surface area (Å²) in [7, 11) is 0. The summed E-state index contributed by atoms with van der Waals surface area (Å²) in [6.45, 7) is 3.53. The van der Waals surface area contributed by atoms with Crippen LogP contribution in [-0.4, -0.2) is 17.7 Å². The summed E-state index contributed by atoms with van der Waals surface area (Å²) in [5.74, 6) is -0.933. The van der Waals surface area contributed by atoms with Crippen LogP contribution >= 0.6 is 0 Å². The highest BCUT2D eigenvalue weighted by molar-refractivity contribution is 5.85. The van der Waals surface area contributed by atoms with Crippen molar-refractivity contribution >= 4 is 12.0 Å². The average molecular weight is 234 g/mol. The van der Waals surface area contributed by atoms with Crippen LogP contribution in [0.5, 0.6) is 0 Å². The van der Waals surface area contributed by atoms with Gasteiger partial charge in [-0.15, -0.1) is 0 Å². The van der Waals surface area contributed by atoms with E-state index in [1.165, 1.54) is 0 Å². The van der Waals surface area contributed by atoms with Crippen molar-refractivity contribution in [1.29, 1.82) is 0 Å². The first-order valence-corrected chi connectivity index (χ1v) is 5.80. The van der Waals surface area contributed by atoms with Crippen molar-refractivity contribution < 1.29 is 14.6 Å². The molecule has 0 atom stereocenters. The first-order valence-electron chi connectivity index (χ1n) is 5.80. The highest BCUT2D eigenvalue weighted by Gasteiger charge is 1.94. The van der Waals surface area contributed by atoms with Gasteiger partial charge in [0.1, 0.15) is 0 Å². The molecule has 1 N–H and O–H groups in total. The average Bonchev–Trinajstić information content (AvgIpc) is 2.33. The number of unbranched alkanes of at least 4 members (excludes halogenated alkanes) is 1. The van der Waals surface area contributed by atoms with Crippen LogP contribution in [-0.2, 0) is 16.1 Å². The molecule has 1 aromatic carbocycles. The molecular formula is C14H18O3. The predicted molar refractivity (Wildman–Crippen MR) is 67.7 cm³/mol. The lowest BCUT2D eigenvalue weighted by Gasteiger charge is -2.03. The van der Waals surface area contributed by atoms with E-state index in [1.807, 2.05) is 24.3 Å². The topological polar surface area (TPSA) is 46.5 Å². The molecule has 17 heavy (non-hydrogen) atoms. The van der Waals surface area contributed by atoms with Crippen LogP contribution in [0.25, 0.3) is 6.08 Å². The summed E-state index contributed by atoms with van der Waals surface area (Å²) in [5, 5.41) is 8.49. The molecule has 0 aliphatic carbocycles. The maximum absolute atomic E-state index is 10.3. The molecule has 0 saturated heterocycles. The van der Waals surface area contributed by atoms with Gasteiger partial charge >= 0.3 is 5.97 Å². The number of benzene rings is 1. The Bertz CT molecular complexity index is 366. The molecule has 0 radical (unpaired) electrons. The number of hydrogen-bond acceptors (Lipinski definition) is 2. The SMILES string of the molecule is CCCCOCc1ccc(C=CC(=O)O)cc1. The van der Waals surface area contributed by atoms with Crippen molar-refractivity contribution in [2.24, 2.45) is 0 Å². The lowest BCUT2D eigenvalue weighted by Crippen LogP contribution is -1.94. The molecule has 0 bridgehead atoms. The largest absolute Gasteiger partial charge is 0.478 e. The third kappa shape index (κ3) is 5.88. The first kappa shape index (κ1) is 13.5. The molecule has 0 aliphatic rings. The van der Waals surface area contributed by atoms with Gasteiger partial charge in [0.25, 0.3) is 0 Å². The molecule has 0 spiro atoms. The minimum absolute atomic E-state index is 0.614. The summed E-state index contributed by atoms with van der Waals surface area (Å²) >= 11 is 0. The Morgan fingerprint density at radius 2 is 2.06 bits per heavy atom. The van der Waals surface area contributed by atoms with Gasteiger partial charge in [0.2, 0.25) is 0 Å². The molecule has 1 aromatic rings. The van der Waals surface area contributed by atoms with E-state index in [-0.39, 0.29) is 0 Å². The number of carboxylic acids is 1. The van der Waals surface area contributed by atoms with E-state index in [9.17, 15) is 4.79 Å². The molecule has 0 fully saturated rings. The highest BCUT2D eigenvalue weighted by atomic mass is 16.5. The number of carboxylic acid groups (broad SMARTS) is 1. The van der Waals surface area contributed by atoms with Crippen molar-refractivity contribution in [3.05, 3.63) is 41.5 Å². The molecule has 0 unspecified atom stereocenters. The van der Waals surface area contributed by atoms with Crippen LogP contribution < -0.4 is 0 Å². The molecule has 0 saturated carbocycles. The Morgan fingerprint density at radius 1 is 1.35 bits per heavy atom. The van der Waals surface area contributed by atoms with E-state index < -0.39 is 5.97 Å². The van der Waals surface area contributed by atoms with Gasteiger partial charge in [-0.2, -0.15) is 0 Å². The Hall–Kier alpha value is -1.61. The molecular weight excluding hydrogens is 216 g/mol. The second kappa shape index (κ2) is 7.63. The lowest BCUT2D eigenvalue weighted by molar-refractivity contribution is -0.131. The highest BCUT2D eigenvalue weighted by Crippen LogP contribution is 2.07. The van der Waals surface area contributed by atoms with Gasteiger partial charge in [0, 0.05) is 12.7 Å². The van der Waals surface area contributed by atoms with Crippen LogP contribution in [0.3, 0.4) is 0 Å². The van der Waals surface area contributed by atoms with Crippen LogP contribution in [0.15, 0.2) is 30.3 Å². The van der Waals surface area contributed by atoms with E-state index in [1.54, 1.807) is 6.08 Å². The fraction of sp³-hybridized carbons (Fsp3) is 0.357. The zero-order valence-electron chi connectivity index (χ0n) is 10.1. The van der Waals surface area contributed by atoms with Crippen molar-refractivity contribution in [2.45, 2.75) is 26.4 Å². The van der Waals surface area contributed by atoms with E-state index >= 15 is 0 Å². The van der Waals surface area contributed by atoms with Gasteiger partial charge < -0.3 is 9.84 Å².